The molecule has 0 atom stereocenters. The van der Waals surface area contributed by atoms with Crippen LogP contribution < -0.4 is 10.3 Å². The minimum Gasteiger partial charge on any atom is -0.497 e. The molecule has 0 bridgehead atoms. The third-order valence-electron chi connectivity index (χ3n) is 4.26. The first-order chi connectivity index (χ1) is 14.1. The van der Waals surface area contributed by atoms with Gasteiger partial charge in [0.2, 0.25) is 0 Å². The van der Waals surface area contributed by atoms with Crippen LogP contribution in [0.5, 0.6) is 5.75 Å². The van der Waals surface area contributed by atoms with Gasteiger partial charge in [-0.05, 0) is 36.5 Å². The highest BCUT2D eigenvalue weighted by molar-refractivity contribution is 7.98. The standard InChI is InChI=1S/C20H14N4O2S3/c1-26-13-6-4-5-12(9-13)17-14(10-21)18(25)23-19(22-17)28-11-24-15-7-2-3-8-16(15)29-20(24)27/h2-9H,11H2,1H3,(H,22,23,25). The zero-order valence-corrected chi connectivity index (χ0v) is 17.7. The van der Waals surface area contributed by atoms with Gasteiger partial charge >= 0.3 is 0 Å². The third kappa shape index (κ3) is 3.82. The first kappa shape index (κ1) is 19.4. The fraction of sp³-hybridized carbons (Fsp3) is 0.100. The summed E-state index contributed by atoms with van der Waals surface area (Å²) in [6.07, 6.45) is 0. The number of ether oxygens (including phenoxy) is 1. The molecule has 0 saturated carbocycles. The second kappa shape index (κ2) is 8.21. The van der Waals surface area contributed by atoms with E-state index in [9.17, 15) is 10.1 Å². The maximum Gasteiger partial charge on any atom is 0.270 e. The maximum absolute atomic E-state index is 12.5. The van der Waals surface area contributed by atoms with Crippen molar-refractivity contribution in [1.82, 2.24) is 14.5 Å². The number of H-pyrrole nitrogens is 1. The number of nitrogens with zero attached hydrogens (tertiary/aromatic N) is 3. The van der Waals surface area contributed by atoms with Crippen LogP contribution in [-0.2, 0) is 5.88 Å². The van der Waals surface area contributed by atoms with Crippen molar-refractivity contribution in [2.75, 3.05) is 7.11 Å². The first-order valence-corrected chi connectivity index (χ1v) is 10.7. The highest BCUT2D eigenvalue weighted by Crippen LogP contribution is 2.28. The SMILES string of the molecule is COc1cccc(-c2nc(SCn3c(=S)sc4ccccc43)[nH]c(=O)c2C#N)c1. The molecule has 29 heavy (non-hydrogen) atoms. The smallest absolute Gasteiger partial charge is 0.270 e. The Bertz CT molecular complexity index is 1360. The number of thiazole rings is 1. The van der Waals surface area contributed by atoms with Crippen LogP contribution in [0.2, 0.25) is 0 Å². The van der Waals surface area contributed by atoms with E-state index in [-0.39, 0.29) is 5.56 Å². The normalized spacial score (nSPS) is 10.8. The highest BCUT2D eigenvalue weighted by Gasteiger charge is 2.15. The maximum atomic E-state index is 12.5. The van der Waals surface area contributed by atoms with E-state index < -0.39 is 5.56 Å². The summed E-state index contributed by atoms with van der Waals surface area (Å²) in [5, 5.41) is 9.87. The Labute approximate surface area is 179 Å². The zero-order chi connectivity index (χ0) is 20.4. The van der Waals surface area contributed by atoms with Crippen molar-refractivity contribution in [3.05, 3.63) is 68.4 Å². The number of aromatic nitrogens is 3. The molecular weight excluding hydrogens is 424 g/mol. The molecule has 2 aromatic heterocycles. The number of hydrogen-bond acceptors (Lipinski definition) is 7. The number of rotatable bonds is 5. The van der Waals surface area contributed by atoms with Crippen LogP contribution in [-0.4, -0.2) is 21.6 Å². The van der Waals surface area contributed by atoms with Gasteiger partial charge in [0, 0.05) is 5.56 Å². The number of fused-ring (bicyclic) bond motifs is 1. The molecule has 9 heteroatoms. The number of para-hydroxylation sites is 1. The molecule has 0 spiro atoms. The number of nitrogens with one attached hydrogen (secondary N) is 1. The van der Waals surface area contributed by atoms with E-state index in [0.717, 1.165) is 14.2 Å². The van der Waals surface area contributed by atoms with E-state index in [1.165, 1.54) is 11.8 Å². The predicted octanol–water partition coefficient (Wildman–Crippen LogP) is 4.81. The van der Waals surface area contributed by atoms with Crippen LogP contribution in [0.15, 0.2) is 58.5 Å². The minimum absolute atomic E-state index is 0.0276. The molecule has 0 fully saturated rings. The Morgan fingerprint density at radius 1 is 1.31 bits per heavy atom. The number of benzene rings is 2. The van der Waals surface area contributed by atoms with Crippen molar-refractivity contribution in [2.45, 2.75) is 11.0 Å². The van der Waals surface area contributed by atoms with Crippen LogP contribution in [0, 0.1) is 15.3 Å². The van der Waals surface area contributed by atoms with Crippen molar-refractivity contribution in [2.24, 2.45) is 0 Å². The summed E-state index contributed by atoms with van der Waals surface area (Å²) >= 11 is 8.38. The second-order valence-electron chi connectivity index (χ2n) is 5.98. The molecule has 4 rings (SSSR count). The summed E-state index contributed by atoms with van der Waals surface area (Å²) in [5.41, 5.74) is 1.52. The zero-order valence-electron chi connectivity index (χ0n) is 15.2. The van der Waals surface area contributed by atoms with Gasteiger partial charge in [0.25, 0.3) is 5.56 Å². The van der Waals surface area contributed by atoms with Gasteiger partial charge in [-0.2, -0.15) is 5.26 Å². The highest BCUT2D eigenvalue weighted by atomic mass is 32.2. The average molecular weight is 439 g/mol. The van der Waals surface area contributed by atoms with Crippen LogP contribution in [0.3, 0.4) is 0 Å². The largest absolute Gasteiger partial charge is 0.497 e. The van der Waals surface area contributed by atoms with Crippen molar-refractivity contribution >= 4 is 45.5 Å². The molecule has 0 amide bonds. The van der Waals surface area contributed by atoms with Gasteiger partial charge in [0.15, 0.2) is 9.11 Å². The number of thioether (sulfide) groups is 1. The van der Waals surface area contributed by atoms with Gasteiger partial charge < -0.3 is 14.3 Å². The number of methoxy groups -OCH3 is 1. The average Bonchev–Trinajstić information content (AvgIpc) is 3.06. The van der Waals surface area contributed by atoms with Crippen molar-refractivity contribution in [1.29, 1.82) is 5.26 Å². The second-order valence-corrected chi connectivity index (χ2v) is 8.58. The quantitative estimate of drug-likeness (QED) is 0.273. The summed E-state index contributed by atoms with van der Waals surface area (Å²) in [7, 11) is 1.56. The molecule has 0 unspecified atom stereocenters. The third-order valence-corrected chi connectivity index (χ3v) is 6.54. The summed E-state index contributed by atoms with van der Waals surface area (Å²) in [6, 6.07) is 17.1. The van der Waals surface area contributed by atoms with Crippen molar-refractivity contribution in [3.63, 3.8) is 0 Å². The van der Waals surface area contributed by atoms with E-state index in [1.807, 2.05) is 34.9 Å². The van der Waals surface area contributed by atoms with Gasteiger partial charge in [-0.1, -0.05) is 36.0 Å². The van der Waals surface area contributed by atoms with Gasteiger partial charge in [-0.25, -0.2) is 4.98 Å². The first-order valence-electron chi connectivity index (χ1n) is 8.50. The summed E-state index contributed by atoms with van der Waals surface area (Å²) in [5.74, 6) is 1.12. The minimum atomic E-state index is -0.471. The molecule has 0 aliphatic heterocycles. The van der Waals surface area contributed by atoms with E-state index in [0.29, 0.717) is 28.0 Å². The molecule has 144 valence electrons. The molecular formula is C20H14N4O2S3. The van der Waals surface area contributed by atoms with E-state index >= 15 is 0 Å². The summed E-state index contributed by atoms with van der Waals surface area (Å²) < 4.78 is 9.11. The summed E-state index contributed by atoms with van der Waals surface area (Å²) in [4.78, 5) is 19.7. The lowest BCUT2D eigenvalue weighted by Crippen LogP contribution is -2.15. The van der Waals surface area contributed by atoms with Gasteiger partial charge in [-0.3, -0.25) is 4.79 Å². The Morgan fingerprint density at radius 2 is 2.14 bits per heavy atom. The number of aromatic amines is 1. The molecule has 0 aliphatic carbocycles. The molecule has 0 saturated heterocycles. The fourth-order valence-corrected chi connectivity index (χ4v) is 5.19. The van der Waals surface area contributed by atoms with Crippen molar-refractivity contribution in [3.8, 4) is 23.1 Å². The van der Waals surface area contributed by atoms with E-state index in [2.05, 4.69) is 9.97 Å². The lowest BCUT2D eigenvalue weighted by Gasteiger charge is -2.09. The van der Waals surface area contributed by atoms with Crippen LogP contribution in [0.1, 0.15) is 5.56 Å². The molecule has 1 N–H and O–H groups in total. The molecule has 2 heterocycles. The number of nitriles is 1. The fourth-order valence-electron chi connectivity index (χ4n) is 2.87. The molecule has 0 radical (unpaired) electrons. The van der Waals surface area contributed by atoms with Crippen LogP contribution in [0.25, 0.3) is 21.5 Å². The Balaban J connectivity index is 1.72. The molecule has 6 nitrogen and oxygen atoms in total. The summed E-state index contributed by atoms with van der Waals surface area (Å²) in [6.45, 7) is 0. The van der Waals surface area contributed by atoms with Crippen LogP contribution in [0.4, 0.5) is 0 Å². The topological polar surface area (TPSA) is 83.7 Å². The van der Waals surface area contributed by atoms with Gasteiger partial charge in [0.1, 0.15) is 17.4 Å². The monoisotopic (exact) mass is 438 g/mol. The van der Waals surface area contributed by atoms with Crippen LogP contribution >= 0.6 is 35.3 Å². The van der Waals surface area contributed by atoms with Gasteiger partial charge in [0.05, 0.1) is 28.9 Å². The van der Waals surface area contributed by atoms with E-state index in [1.54, 1.807) is 42.7 Å². The molecule has 2 aromatic carbocycles. The Kier molecular flexibility index (Phi) is 5.49. The molecule has 4 aromatic rings. The Hall–Kier alpha value is -2.93. The number of hydrogen-bond donors (Lipinski definition) is 1. The van der Waals surface area contributed by atoms with E-state index in [4.69, 9.17) is 17.0 Å². The van der Waals surface area contributed by atoms with Gasteiger partial charge in [-0.15, -0.1) is 11.3 Å². The van der Waals surface area contributed by atoms with Crippen molar-refractivity contribution < 1.29 is 4.74 Å². The lowest BCUT2D eigenvalue weighted by atomic mass is 10.1. The molecule has 0 aliphatic rings. The Morgan fingerprint density at radius 3 is 2.93 bits per heavy atom. The lowest BCUT2D eigenvalue weighted by molar-refractivity contribution is 0.415. The predicted molar refractivity (Wildman–Crippen MR) is 118 cm³/mol.